The van der Waals surface area contributed by atoms with Crippen molar-refractivity contribution in [2.24, 2.45) is 5.92 Å². The minimum atomic E-state index is 0.205. The van der Waals surface area contributed by atoms with Crippen LogP contribution in [0, 0.1) is 12.8 Å². The van der Waals surface area contributed by atoms with Crippen LogP contribution in [0.3, 0.4) is 0 Å². The van der Waals surface area contributed by atoms with E-state index in [-0.39, 0.29) is 5.91 Å². The molecule has 2 fully saturated rings. The number of hydrogen-bond donors (Lipinski definition) is 1. The number of nitrogens with one attached hydrogen (secondary N) is 1. The number of benzene rings is 1. The highest BCUT2D eigenvalue weighted by Gasteiger charge is 2.31. The Morgan fingerprint density at radius 3 is 2.95 bits per heavy atom. The average molecular weight is 272 g/mol. The molecule has 2 atom stereocenters. The molecule has 1 aromatic carbocycles. The van der Waals surface area contributed by atoms with E-state index in [4.69, 9.17) is 0 Å². The molecule has 0 radical (unpaired) electrons. The van der Waals surface area contributed by atoms with Gasteiger partial charge in [-0.3, -0.25) is 4.79 Å². The Morgan fingerprint density at radius 2 is 2.20 bits per heavy atom. The normalized spacial score (nSPS) is 26.8. The molecule has 2 aliphatic rings. The number of hydrogen-bond acceptors (Lipinski definition) is 2. The first-order chi connectivity index (χ1) is 9.74. The molecule has 1 N–H and O–H groups in total. The number of carbonyl (C=O) groups is 1. The minimum absolute atomic E-state index is 0.205. The fourth-order valence-electron chi connectivity index (χ4n) is 3.60. The zero-order valence-corrected chi connectivity index (χ0v) is 12.3. The molecule has 0 saturated carbocycles. The lowest BCUT2D eigenvalue weighted by atomic mass is 9.89. The third kappa shape index (κ3) is 2.88. The summed E-state index contributed by atoms with van der Waals surface area (Å²) in [6.07, 6.45) is 4.96. The molecule has 3 rings (SSSR count). The van der Waals surface area contributed by atoms with Crippen LogP contribution in [0.4, 0.5) is 0 Å². The van der Waals surface area contributed by atoms with Gasteiger partial charge in [-0.15, -0.1) is 0 Å². The zero-order valence-electron chi connectivity index (χ0n) is 12.3. The van der Waals surface area contributed by atoms with Gasteiger partial charge in [0.1, 0.15) is 0 Å². The lowest BCUT2D eigenvalue weighted by molar-refractivity contribution is 0.0651. The van der Waals surface area contributed by atoms with Crippen molar-refractivity contribution >= 4 is 5.91 Å². The number of rotatable bonds is 2. The second kappa shape index (κ2) is 5.96. The molecule has 2 unspecified atom stereocenters. The Kier molecular flexibility index (Phi) is 4.06. The van der Waals surface area contributed by atoms with E-state index in [1.54, 1.807) is 0 Å². The quantitative estimate of drug-likeness (QED) is 0.897. The molecular formula is C17H24N2O. The molecule has 2 aliphatic heterocycles. The van der Waals surface area contributed by atoms with Gasteiger partial charge in [0.25, 0.3) is 5.91 Å². The van der Waals surface area contributed by atoms with Crippen LogP contribution in [0.2, 0.25) is 0 Å². The number of likely N-dealkylation sites (tertiary alicyclic amines) is 1. The molecular weight excluding hydrogens is 248 g/mol. The summed E-state index contributed by atoms with van der Waals surface area (Å²) in [5.41, 5.74) is 1.99. The Hall–Kier alpha value is -1.35. The van der Waals surface area contributed by atoms with Crippen LogP contribution in [0.25, 0.3) is 0 Å². The fraction of sp³-hybridized carbons (Fsp3) is 0.588. The summed E-state index contributed by atoms with van der Waals surface area (Å²) in [6, 6.07) is 8.58. The number of aryl methyl sites for hydroxylation is 1. The van der Waals surface area contributed by atoms with Gasteiger partial charge in [-0.05, 0) is 57.2 Å². The standard InChI is InChI=1S/C17H24N2O/c1-13-5-2-6-14(11-13)17(20)19-10-4-7-15(12-19)16-8-3-9-18-16/h2,5-6,11,15-16,18H,3-4,7-10,12H2,1H3. The van der Waals surface area contributed by atoms with E-state index in [2.05, 4.69) is 10.2 Å². The van der Waals surface area contributed by atoms with Crippen molar-refractivity contribution in [3.63, 3.8) is 0 Å². The van der Waals surface area contributed by atoms with Crippen molar-refractivity contribution in [3.8, 4) is 0 Å². The van der Waals surface area contributed by atoms with Gasteiger partial charge in [-0.1, -0.05) is 17.7 Å². The van der Waals surface area contributed by atoms with Gasteiger partial charge in [0.15, 0.2) is 0 Å². The smallest absolute Gasteiger partial charge is 0.253 e. The average Bonchev–Trinajstić information content (AvgIpc) is 3.01. The minimum Gasteiger partial charge on any atom is -0.338 e. The molecule has 1 amide bonds. The van der Waals surface area contributed by atoms with Crippen LogP contribution >= 0.6 is 0 Å². The third-order valence-corrected chi connectivity index (χ3v) is 4.68. The van der Waals surface area contributed by atoms with Crippen molar-refractivity contribution in [1.82, 2.24) is 10.2 Å². The first-order valence-corrected chi connectivity index (χ1v) is 7.83. The van der Waals surface area contributed by atoms with Crippen LogP contribution < -0.4 is 5.32 Å². The summed E-state index contributed by atoms with van der Waals surface area (Å²) in [5.74, 6) is 0.844. The van der Waals surface area contributed by atoms with Gasteiger partial charge < -0.3 is 10.2 Å². The van der Waals surface area contributed by atoms with Gasteiger partial charge in [0, 0.05) is 24.7 Å². The van der Waals surface area contributed by atoms with Gasteiger partial charge in [-0.25, -0.2) is 0 Å². The molecule has 3 nitrogen and oxygen atoms in total. The topological polar surface area (TPSA) is 32.3 Å². The monoisotopic (exact) mass is 272 g/mol. The first-order valence-electron chi connectivity index (χ1n) is 7.83. The SMILES string of the molecule is Cc1cccc(C(=O)N2CCCC(C3CCCN3)C2)c1. The summed E-state index contributed by atoms with van der Waals surface area (Å²) < 4.78 is 0. The van der Waals surface area contributed by atoms with Gasteiger partial charge in [0.05, 0.1) is 0 Å². The van der Waals surface area contributed by atoms with E-state index in [0.717, 1.165) is 37.2 Å². The lowest BCUT2D eigenvalue weighted by Gasteiger charge is -2.36. The van der Waals surface area contributed by atoms with Crippen LogP contribution in [0.5, 0.6) is 0 Å². The molecule has 0 bridgehead atoms. The fourth-order valence-corrected chi connectivity index (χ4v) is 3.60. The van der Waals surface area contributed by atoms with Crippen LogP contribution in [-0.4, -0.2) is 36.5 Å². The Labute approximate surface area is 121 Å². The molecule has 2 saturated heterocycles. The summed E-state index contributed by atoms with van der Waals surface area (Å²) in [4.78, 5) is 14.7. The second-order valence-corrected chi connectivity index (χ2v) is 6.23. The van der Waals surface area contributed by atoms with E-state index < -0.39 is 0 Å². The number of piperidine rings is 1. The van der Waals surface area contributed by atoms with E-state index >= 15 is 0 Å². The molecule has 0 aliphatic carbocycles. The molecule has 20 heavy (non-hydrogen) atoms. The molecule has 1 aromatic rings. The largest absolute Gasteiger partial charge is 0.338 e. The number of nitrogens with zero attached hydrogens (tertiary/aromatic N) is 1. The zero-order chi connectivity index (χ0) is 13.9. The number of amides is 1. The van der Waals surface area contributed by atoms with E-state index in [1.165, 1.54) is 19.3 Å². The molecule has 2 heterocycles. The van der Waals surface area contributed by atoms with Crippen molar-refractivity contribution in [2.45, 2.75) is 38.6 Å². The molecule has 0 aromatic heterocycles. The number of carbonyl (C=O) groups excluding carboxylic acids is 1. The van der Waals surface area contributed by atoms with E-state index in [1.807, 2.05) is 31.2 Å². The third-order valence-electron chi connectivity index (χ3n) is 4.68. The Balaban J connectivity index is 1.68. The first kappa shape index (κ1) is 13.6. The summed E-state index contributed by atoms with van der Waals surface area (Å²) in [6.45, 7) is 5.02. The van der Waals surface area contributed by atoms with Gasteiger partial charge in [-0.2, -0.15) is 0 Å². The second-order valence-electron chi connectivity index (χ2n) is 6.23. The maximum absolute atomic E-state index is 12.6. The molecule has 0 spiro atoms. The van der Waals surface area contributed by atoms with E-state index in [0.29, 0.717) is 12.0 Å². The van der Waals surface area contributed by atoms with Gasteiger partial charge in [0.2, 0.25) is 0 Å². The highest BCUT2D eigenvalue weighted by molar-refractivity contribution is 5.94. The highest BCUT2D eigenvalue weighted by atomic mass is 16.2. The highest BCUT2D eigenvalue weighted by Crippen LogP contribution is 2.25. The molecule has 108 valence electrons. The van der Waals surface area contributed by atoms with Crippen LogP contribution in [-0.2, 0) is 0 Å². The summed E-state index contributed by atoms with van der Waals surface area (Å²) >= 11 is 0. The maximum atomic E-state index is 12.6. The predicted octanol–water partition coefficient (Wildman–Crippen LogP) is 2.60. The Bertz CT molecular complexity index is 480. The molecule has 3 heteroatoms. The van der Waals surface area contributed by atoms with Crippen molar-refractivity contribution < 1.29 is 4.79 Å². The van der Waals surface area contributed by atoms with Crippen molar-refractivity contribution in [2.75, 3.05) is 19.6 Å². The van der Waals surface area contributed by atoms with Crippen molar-refractivity contribution in [1.29, 1.82) is 0 Å². The maximum Gasteiger partial charge on any atom is 0.253 e. The summed E-state index contributed by atoms with van der Waals surface area (Å²) in [5, 5.41) is 3.60. The predicted molar refractivity (Wildman–Crippen MR) is 80.8 cm³/mol. The summed E-state index contributed by atoms with van der Waals surface area (Å²) in [7, 11) is 0. The lowest BCUT2D eigenvalue weighted by Crippen LogP contribution is -2.45. The van der Waals surface area contributed by atoms with E-state index in [9.17, 15) is 4.79 Å². The van der Waals surface area contributed by atoms with Gasteiger partial charge >= 0.3 is 0 Å². The van der Waals surface area contributed by atoms with Crippen molar-refractivity contribution in [3.05, 3.63) is 35.4 Å². The van der Waals surface area contributed by atoms with Crippen LogP contribution in [0.1, 0.15) is 41.6 Å². The Morgan fingerprint density at radius 1 is 1.30 bits per heavy atom. The van der Waals surface area contributed by atoms with Crippen LogP contribution in [0.15, 0.2) is 24.3 Å².